The predicted molar refractivity (Wildman–Crippen MR) is 167 cm³/mol. The van der Waals surface area contributed by atoms with Crippen LogP contribution in [0, 0.1) is 30.0 Å². The first-order valence-corrected chi connectivity index (χ1v) is 16.7. The smallest absolute Gasteiger partial charge is 0.355 e. The van der Waals surface area contributed by atoms with E-state index < -0.39 is 22.8 Å². The highest BCUT2D eigenvalue weighted by Crippen LogP contribution is 2.75. The summed E-state index contributed by atoms with van der Waals surface area (Å²) in [5.41, 5.74) is 5.23. The van der Waals surface area contributed by atoms with Gasteiger partial charge in [0.25, 0.3) is 0 Å². The van der Waals surface area contributed by atoms with E-state index >= 15 is 0 Å². The van der Waals surface area contributed by atoms with Gasteiger partial charge in [0.2, 0.25) is 10.0 Å². The van der Waals surface area contributed by atoms with Gasteiger partial charge in [-0.25, -0.2) is 18.9 Å². The van der Waals surface area contributed by atoms with Crippen LogP contribution < -0.4 is 5.14 Å². The number of thiol groups is 1. The fraction of sp³-hybridized carbons (Fsp3) is 0.219. The Morgan fingerprint density at radius 2 is 2.05 bits per heavy atom. The van der Waals surface area contributed by atoms with Gasteiger partial charge in [-0.05, 0) is 73.6 Å². The first-order valence-electron chi connectivity index (χ1n) is 13.7. The Bertz CT molecular complexity index is 2010. The topological polar surface area (TPSA) is 111 Å². The maximum atomic E-state index is 14.9. The van der Waals surface area contributed by atoms with Gasteiger partial charge in [0.15, 0.2) is 22.5 Å². The standard InChI is InChI=1S/C32H25FN4O3S3/c1-18-5-8-22(42-18)9-6-19-3-2-4-21(13-19)28-23(14-20-7-10-27(43(34)40)25(33)15-20)29(24-16-32(24)11-12-32)37(36-28)31-35-26(17-41-31)30(38)39/h2-5,7-8,10,13,15,17,24H,11-12,14,16H2,1H3,(H2,34,40)(H,38,39)/p+1. The molecule has 1 spiro atoms. The minimum absolute atomic E-state index is 0.00906. The number of carbonyl (C=O) groups is 1. The van der Waals surface area contributed by atoms with E-state index in [-0.39, 0.29) is 21.9 Å². The number of aromatic carboxylic acids is 1. The molecule has 216 valence electrons. The van der Waals surface area contributed by atoms with Crippen molar-refractivity contribution in [2.75, 3.05) is 0 Å². The molecule has 3 aromatic heterocycles. The van der Waals surface area contributed by atoms with Crippen LogP contribution >= 0.6 is 22.7 Å². The van der Waals surface area contributed by atoms with Crippen LogP contribution in [0.5, 0.6) is 0 Å². The zero-order chi connectivity index (χ0) is 29.9. The molecule has 2 aliphatic rings. The maximum absolute atomic E-state index is 14.9. The largest absolute Gasteiger partial charge is 0.476 e. The lowest BCUT2D eigenvalue weighted by Crippen LogP contribution is -2.06. The van der Waals surface area contributed by atoms with Gasteiger partial charge in [0.1, 0.15) is 0 Å². The second-order valence-electron chi connectivity index (χ2n) is 11.1. The van der Waals surface area contributed by atoms with Crippen molar-refractivity contribution in [1.82, 2.24) is 14.8 Å². The molecular formula is C32H26FN4O3S3+. The summed E-state index contributed by atoms with van der Waals surface area (Å²) in [5, 5.41) is 22.1. The first kappa shape index (κ1) is 27.9. The van der Waals surface area contributed by atoms with Crippen molar-refractivity contribution in [2.24, 2.45) is 10.6 Å². The normalized spacial score (nSPS) is 17.0. The van der Waals surface area contributed by atoms with E-state index in [0.717, 1.165) is 52.2 Å². The van der Waals surface area contributed by atoms with E-state index in [4.69, 9.17) is 10.2 Å². The van der Waals surface area contributed by atoms with Gasteiger partial charge in [-0.3, -0.25) is 0 Å². The quantitative estimate of drug-likeness (QED) is 0.123. The molecule has 7 nitrogen and oxygen atoms in total. The molecule has 0 bridgehead atoms. The highest BCUT2D eigenvalue weighted by Gasteiger charge is 2.64. The van der Waals surface area contributed by atoms with Crippen molar-refractivity contribution in [1.29, 1.82) is 0 Å². The molecule has 2 atom stereocenters. The van der Waals surface area contributed by atoms with Gasteiger partial charge < -0.3 is 5.11 Å². The second-order valence-corrected chi connectivity index (χ2v) is 14.4. The van der Waals surface area contributed by atoms with Crippen LogP contribution in [0.25, 0.3) is 16.4 Å². The van der Waals surface area contributed by atoms with Crippen molar-refractivity contribution in [2.45, 2.75) is 43.4 Å². The number of halogens is 1. The SMILES string of the molecule is Cc1ccc(C#Cc2cccc(-c3nn(-c4nc(C(=O)O)cs4)c(C4CC45CC5)c3Cc3ccc([SH+](N)=O)c(F)c3)c2)s1. The van der Waals surface area contributed by atoms with Gasteiger partial charge >= 0.3 is 5.97 Å². The van der Waals surface area contributed by atoms with Crippen molar-refractivity contribution in [3.63, 3.8) is 0 Å². The fourth-order valence-electron chi connectivity index (χ4n) is 5.70. The number of nitrogens with zero attached hydrogens (tertiary/aromatic N) is 3. The first-order chi connectivity index (χ1) is 20.7. The van der Waals surface area contributed by atoms with Crippen molar-refractivity contribution >= 4 is 39.6 Å². The van der Waals surface area contributed by atoms with Crippen molar-refractivity contribution in [3.05, 3.63) is 104 Å². The lowest BCUT2D eigenvalue weighted by atomic mass is 9.96. The number of aryl methyl sites for hydroxylation is 1. The van der Waals surface area contributed by atoms with Gasteiger partial charge in [-0.15, -0.1) is 27.8 Å². The summed E-state index contributed by atoms with van der Waals surface area (Å²) in [6.07, 6.45) is 3.67. The van der Waals surface area contributed by atoms with Gasteiger partial charge in [-0.2, -0.15) is 5.10 Å². The number of hydrogen-bond donors (Lipinski definition) is 2. The number of carboxylic acid groups (broad SMARTS) is 1. The van der Waals surface area contributed by atoms with E-state index in [1.807, 2.05) is 36.4 Å². The molecule has 2 saturated carbocycles. The highest BCUT2D eigenvalue weighted by atomic mass is 32.2. The molecule has 2 fully saturated rings. The fourth-order valence-corrected chi connectivity index (χ4v) is 7.68. The summed E-state index contributed by atoms with van der Waals surface area (Å²) in [7, 11) is -2.30. The van der Waals surface area contributed by atoms with Crippen molar-refractivity contribution < 1.29 is 18.5 Å². The molecule has 3 heterocycles. The van der Waals surface area contributed by atoms with Crippen LogP contribution in [-0.2, 0) is 21.6 Å². The molecule has 2 aromatic carbocycles. The second kappa shape index (κ2) is 10.6. The van der Waals surface area contributed by atoms with Crippen LogP contribution in [-0.4, -0.2) is 25.8 Å². The summed E-state index contributed by atoms with van der Waals surface area (Å²) in [4.78, 5) is 18.2. The number of thiazole rings is 1. The molecule has 0 aliphatic heterocycles. The van der Waals surface area contributed by atoms with Gasteiger partial charge in [0, 0.05) is 39.3 Å². The number of aromatic nitrogens is 3. The molecule has 43 heavy (non-hydrogen) atoms. The average Bonchev–Trinajstić information content (AvgIpc) is 3.66. The number of rotatable bonds is 7. The lowest BCUT2D eigenvalue weighted by Gasteiger charge is -2.09. The molecule has 2 aliphatic carbocycles. The van der Waals surface area contributed by atoms with Gasteiger partial charge in [0.05, 0.1) is 16.3 Å². The predicted octanol–water partition coefficient (Wildman–Crippen LogP) is 6.39. The molecule has 0 amide bonds. The van der Waals surface area contributed by atoms with Crippen molar-refractivity contribution in [3.8, 4) is 28.2 Å². The lowest BCUT2D eigenvalue weighted by molar-refractivity contribution is 0.0691. The van der Waals surface area contributed by atoms with E-state index in [0.29, 0.717) is 17.1 Å². The third-order valence-electron chi connectivity index (χ3n) is 8.16. The summed E-state index contributed by atoms with van der Waals surface area (Å²) in [5.74, 6) is 5.05. The van der Waals surface area contributed by atoms with E-state index in [1.54, 1.807) is 22.1 Å². The summed E-state index contributed by atoms with van der Waals surface area (Å²) in [6.45, 7) is 2.05. The number of thiophene rings is 1. The minimum Gasteiger partial charge on any atom is -0.476 e. The summed E-state index contributed by atoms with van der Waals surface area (Å²) in [6, 6.07) is 16.6. The summed E-state index contributed by atoms with van der Waals surface area (Å²) >= 11 is 2.88. The Morgan fingerprint density at radius 1 is 1.21 bits per heavy atom. The minimum atomic E-state index is -2.30. The number of benzene rings is 2. The van der Waals surface area contributed by atoms with Crippen LogP contribution in [0.4, 0.5) is 4.39 Å². The molecule has 3 N–H and O–H groups in total. The van der Waals surface area contributed by atoms with E-state index in [2.05, 4.69) is 23.7 Å². The highest BCUT2D eigenvalue weighted by molar-refractivity contribution is 7.82. The zero-order valence-corrected chi connectivity index (χ0v) is 25.5. The summed E-state index contributed by atoms with van der Waals surface area (Å²) < 4.78 is 28.5. The van der Waals surface area contributed by atoms with E-state index in [9.17, 15) is 18.5 Å². The van der Waals surface area contributed by atoms with Crippen LogP contribution in [0.3, 0.4) is 0 Å². The molecule has 5 aromatic rings. The number of carboxylic acids is 1. The van der Waals surface area contributed by atoms with Crippen LogP contribution in [0.15, 0.2) is 64.9 Å². The molecular weight excluding hydrogens is 604 g/mol. The Hall–Kier alpha value is -3.95. The molecule has 0 saturated heterocycles. The Labute approximate surface area is 257 Å². The monoisotopic (exact) mass is 629 g/mol. The van der Waals surface area contributed by atoms with Gasteiger partial charge in [-0.1, -0.05) is 34.2 Å². The Kier molecular flexibility index (Phi) is 6.90. The average molecular weight is 630 g/mol. The molecule has 11 heteroatoms. The number of nitrogens with two attached hydrogens (primary N) is 1. The maximum Gasteiger partial charge on any atom is 0.355 e. The van der Waals surface area contributed by atoms with Crippen LogP contribution in [0.1, 0.15) is 67.8 Å². The van der Waals surface area contributed by atoms with Crippen LogP contribution in [0.2, 0.25) is 0 Å². The third-order valence-corrected chi connectivity index (χ3v) is 10.7. The molecule has 2 unspecified atom stereocenters. The Balaban J connectivity index is 1.38. The van der Waals surface area contributed by atoms with E-state index in [1.165, 1.54) is 33.7 Å². The third kappa shape index (κ3) is 5.36. The zero-order valence-electron chi connectivity index (χ0n) is 23.0. The number of hydrogen-bond acceptors (Lipinski definition) is 6. The molecule has 7 rings (SSSR count). The molecule has 0 radical (unpaired) electrons. The Morgan fingerprint density at radius 3 is 2.70 bits per heavy atom.